The van der Waals surface area contributed by atoms with E-state index in [0.717, 1.165) is 42.9 Å². The molecule has 0 aliphatic carbocycles. The molecule has 0 spiro atoms. The predicted octanol–water partition coefficient (Wildman–Crippen LogP) is 3.06. The van der Waals surface area contributed by atoms with Crippen LogP contribution in [0.3, 0.4) is 0 Å². The summed E-state index contributed by atoms with van der Waals surface area (Å²) in [6.45, 7) is 9.78. The molecule has 0 aromatic carbocycles. The average molecular weight is 324 g/mol. The Morgan fingerprint density at radius 2 is 1.91 bits per heavy atom. The molecule has 0 bridgehead atoms. The molecule has 122 valence electrons. The van der Waals surface area contributed by atoms with Gasteiger partial charge in [0.15, 0.2) is 0 Å². The summed E-state index contributed by atoms with van der Waals surface area (Å²) >= 11 is 6.26. The topological polar surface area (TPSA) is 28.6 Å². The van der Waals surface area contributed by atoms with Crippen molar-refractivity contribution in [1.29, 1.82) is 0 Å². The molecule has 0 radical (unpaired) electrons. The molecule has 1 aromatic rings. The Morgan fingerprint density at radius 1 is 1.23 bits per heavy atom. The number of halogens is 1. The van der Waals surface area contributed by atoms with Crippen LogP contribution in [0.15, 0.2) is 18.3 Å². The van der Waals surface area contributed by atoms with Crippen LogP contribution in [0.5, 0.6) is 0 Å². The highest BCUT2D eigenvalue weighted by atomic mass is 35.5. The maximum Gasteiger partial charge on any atom is 0.147 e. The van der Waals surface area contributed by atoms with E-state index in [1.807, 2.05) is 18.3 Å². The van der Waals surface area contributed by atoms with E-state index in [-0.39, 0.29) is 0 Å². The number of hydrogen-bond acceptors (Lipinski definition) is 4. The number of ether oxygens (including phenoxy) is 1. The molecule has 22 heavy (non-hydrogen) atoms. The Hall–Kier alpha value is -0.840. The lowest BCUT2D eigenvalue weighted by atomic mass is 9.95. The standard InChI is InChI=1S/C17H26ClN3O/c1-13-10-20(11-14(2)22-13)12-15-5-8-21(9-6-15)17-16(18)4-3-7-19-17/h3-4,7,13-15H,5-6,8-12H2,1-2H3. The molecule has 1 aromatic heterocycles. The predicted molar refractivity (Wildman–Crippen MR) is 90.6 cm³/mol. The van der Waals surface area contributed by atoms with Gasteiger partial charge in [-0.2, -0.15) is 0 Å². The van der Waals surface area contributed by atoms with E-state index >= 15 is 0 Å². The summed E-state index contributed by atoms with van der Waals surface area (Å²) < 4.78 is 5.82. The molecule has 0 amide bonds. The number of hydrogen-bond donors (Lipinski definition) is 0. The Bertz CT molecular complexity index is 481. The van der Waals surface area contributed by atoms with Gasteiger partial charge in [0.2, 0.25) is 0 Å². The largest absolute Gasteiger partial charge is 0.373 e. The van der Waals surface area contributed by atoms with Gasteiger partial charge in [-0.1, -0.05) is 11.6 Å². The lowest BCUT2D eigenvalue weighted by molar-refractivity contribution is -0.0720. The first-order valence-electron chi connectivity index (χ1n) is 8.35. The first-order valence-corrected chi connectivity index (χ1v) is 8.73. The van der Waals surface area contributed by atoms with E-state index in [2.05, 4.69) is 28.6 Å². The minimum absolute atomic E-state index is 0.358. The van der Waals surface area contributed by atoms with Crippen LogP contribution in [0, 0.1) is 5.92 Å². The van der Waals surface area contributed by atoms with Crippen molar-refractivity contribution in [2.24, 2.45) is 5.92 Å². The van der Waals surface area contributed by atoms with Gasteiger partial charge in [0.1, 0.15) is 5.82 Å². The van der Waals surface area contributed by atoms with Crippen molar-refractivity contribution in [3.8, 4) is 0 Å². The third kappa shape index (κ3) is 3.92. The van der Waals surface area contributed by atoms with Gasteiger partial charge in [-0.3, -0.25) is 4.90 Å². The Labute approximate surface area is 138 Å². The monoisotopic (exact) mass is 323 g/mol. The molecule has 2 fully saturated rings. The zero-order chi connectivity index (χ0) is 15.5. The van der Waals surface area contributed by atoms with Crippen molar-refractivity contribution in [1.82, 2.24) is 9.88 Å². The summed E-state index contributed by atoms with van der Waals surface area (Å²) in [5.74, 6) is 1.72. The number of aromatic nitrogens is 1. The van der Waals surface area contributed by atoms with E-state index in [9.17, 15) is 0 Å². The van der Waals surface area contributed by atoms with Crippen LogP contribution < -0.4 is 4.90 Å². The fourth-order valence-corrected chi connectivity index (χ4v) is 3.98. The Kier molecular flexibility index (Phi) is 5.21. The minimum Gasteiger partial charge on any atom is -0.373 e. The number of nitrogens with zero attached hydrogens (tertiary/aromatic N) is 3. The van der Waals surface area contributed by atoms with Gasteiger partial charge in [0.05, 0.1) is 17.2 Å². The molecular formula is C17H26ClN3O. The van der Waals surface area contributed by atoms with Crippen LogP contribution in [0.2, 0.25) is 5.02 Å². The van der Waals surface area contributed by atoms with Crippen LogP contribution in [-0.2, 0) is 4.74 Å². The van der Waals surface area contributed by atoms with E-state index in [0.29, 0.717) is 12.2 Å². The highest BCUT2D eigenvalue weighted by molar-refractivity contribution is 6.32. The molecule has 0 N–H and O–H groups in total. The van der Waals surface area contributed by atoms with E-state index < -0.39 is 0 Å². The summed E-state index contributed by atoms with van der Waals surface area (Å²) in [5.41, 5.74) is 0. The summed E-state index contributed by atoms with van der Waals surface area (Å²) in [7, 11) is 0. The Balaban J connectivity index is 1.51. The summed E-state index contributed by atoms with van der Waals surface area (Å²) in [4.78, 5) is 9.33. The van der Waals surface area contributed by atoms with Gasteiger partial charge in [-0.05, 0) is 44.7 Å². The molecule has 0 saturated carbocycles. The van der Waals surface area contributed by atoms with Crippen molar-refractivity contribution in [3.63, 3.8) is 0 Å². The van der Waals surface area contributed by atoms with Crippen molar-refractivity contribution in [3.05, 3.63) is 23.4 Å². The number of rotatable bonds is 3. The fraction of sp³-hybridized carbons (Fsp3) is 0.706. The zero-order valence-electron chi connectivity index (χ0n) is 13.5. The lowest BCUT2D eigenvalue weighted by Crippen LogP contribution is -2.48. The number of pyridine rings is 1. The quantitative estimate of drug-likeness (QED) is 0.855. The molecule has 4 nitrogen and oxygen atoms in total. The highest BCUT2D eigenvalue weighted by Crippen LogP contribution is 2.28. The summed E-state index contributed by atoms with van der Waals surface area (Å²) in [5, 5.41) is 0.761. The van der Waals surface area contributed by atoms with Crippen LogP contribution in [0.4, 0.5) is 5.82 Å². The normalized spacial score (nSPS) is 28.0. The van der Waals surface area contributed by atoms with Gasteiger partial charge in [-0.15, -0.1) is 0 Å². The molecular weight excluding hydrogens is 298 g/mol. The SMILES string of the molecule is CC1CN(CC2CCN(c3ncccc3Cl)CC2)CC(C)O1. The molecule has 3 heterocycles. The highest BCUT2D eigenvalue weighted by Gasteiger charge is 2.27. The maximum atomic E-state index is 6.26. The second kappa shape index (κ2) is 7.16. The maximum absolute atomic E-state index is 6.26. The summed E-state index contributed by atoms with van der Waals surface area (Å²) in [6.07, 6.45) is 4.97. The van der Waals surface area contributed by atoms with Crippen molar-refractivity contribution in [2.75, 3.05) is 37.6 Å². The van der Waals surface area contributed by atoms with Gasteiger partial charge >= 0.3 is 0 Å². The molecule has 2 saturated heterocycles. The molecule has 2 unspecified atom stereocenters. The van der Waals surface area contributed by atoms with Gasteiger partial charge < -0.3 is 9.64 Å². The number of piperidine rings is 1. The summed E-state index contributed by atoms with van der Waals surface area (Å²) in [6, 6.07) is 3.81. The number of anilines is 1. The third-order valence-corrected chi connectivity index (χ3v) is 4.96. The minimum atomic E-state index is 0.358. The van der Waals surface area contributed by atoms with Crippen LogP contribution in [-0.4, -0.2) is 54.8 Å². The first kappa shape index (κ1) is 16.0. The van der Waals surface area contributed by atoms with Crippen LogP contribution >= 0.6 is 11.6 Å². The molecule has 5 heteroatoms. The smallest absolute Gasteiger partial charge is 0.147 e. The van der Waals surface area contributed by atoms with E-state index in [1.165, 1.54) is 19.4 Å². The second-order valence-electron chi connectivity index (χ2n) is 6.72. The zero-order valence-corrected chi connectivity index (χ0v) is 14.3. The van der Waals surface area contributed by atoms with Crippen LogP contribution in [0.1, 0.15) is 26.7 Å². The van der Waals surface area contributed by atoms with Crippen molar-refractivity contribution in [2.45, 2.75) is 38.9 Å². The first-order chi connectivity index (χ1) is 10.6. The third-order valence-electron chi connectivity index (χ3n) is 4.66. The van der Waals surface area contributed by atoms with Gasteiger partial charge in [0.25, 0.3) is 0 Å². The van der Waals surface area contributed by atoms with Gasteiger partial charge in [-0.25, -0.2) is 4.98 Å². The van der Waals surface area contributed by atoms with E-state index in [4.69, 9.17) is 16.3 Å². The molecule has 2 aliphatic rings. The molecule has 2 atom stereocenters. The molecule has 2 aliphatic heterocycles. The van der Waals surface area contributed by atoms with Crippen molar-refractivity contribution < 1.29 is 4.74 Å². The van der Waals surface area contributed by atoms with Crippen molar-refractivity contribution >= 4 is 17.4 Å². The average Bonchev–Trinajstić information content (AvgIpc) is 2.48. The van der Waals surface area contributed by atoms with Crippen LogP contribution in [0.25, 0.3) is 0 Å². The Morgan fingerprint density at radius 3 is 2.55 bits per heavy atom. The lowest BCUT2D eigenvalue weighted by Gasteiger charge is -2.39. The van der Waals surface area contributed by atoms with E-state index in [1.54, 1.807) is 0 Å². The molecule has 3 rings (SSSR count). The number of morpholine rings is 1. The second-order valence-corrected chi connectivity index (χ2v) is 7.12. The van der Waals surface area contributed by atoms with Gasteiger partial charge in [0, 0.05) is 38.9 Å². The fourth-order valence-electron chi connectivity index (χ4n) is 3.74.